The Morgan fingerprint density at radius 1 is 0.635 bits per heavy atom. The number of carbonyl (C=O) groups is 7. The highest BCUT2D eigenvalue weighted by atomic mass is 16.6. The Bertz CT molecular complexity index is 1250. The number of nitrogens with zero attached hydrogens (tertiary/aromatic N) is 4. The summed E-state index contributed by atoms with van der Waals surface area (Å²) >= 11 is 0. The number of ether oxygens (including phenoxy) is 3. The van der Waals surface area contributed by atoms with Crippen LogP contribution in [0.1, 0.15) is 81.6 Å². The second-order valence-electron chi connectivity index (χ2n) is 16.0. The molecule has 0 aromatic heterocycles. The van der Waals surface area contributed by atoms with Crippen LogP contribution in [0, 0.1) is 0 Å². The lowest BCUT2D eigenvalue weighted by Gasteiger charge is -2.33. The van der Waals surface area contributed by atoms with Gasteiger partial charge in [0, 0.05) is 83.9 Å². The van der Waals surface area contributed by atoms with Crippen LogP contribution in [0.15, 0.2) is 12.2 Å². The number of carbonyl (C=O) groups excluding carboxylic acids is 7. The zero-order valence-corrected chi connectivity index (χ0v) is 32.5. The average Bonchev–Trinajstić information content (AvgIpc) is 3.34. The highest BCUT2D eigenvalue weighted by Crippen LogP contribution is 2.17. The van der Waals surface area contributed by atoms with Crippen molar-refractivity contribution in [3.8, 4) is 0 Å². The second-order valence-corrected chi connectivity index (χ2v) is 16.0. The molecule has 4 amide bonds. The Morgan fingerprint density at radius 3 is 1.46 bits per heavy atom. The van der Waals surface area contributed by atoms with Crippen molar-refractivity contribution in [1.29, 1.82) is 0 Å². The summed E-state index contributed by atoms with van der Waals surface area (Å²) in [5, 5.41) is 5.40. The Kier molecular flexibility index (Phi) is 16.9. The monoisotopic (exact) mass is 736 g/mol. The number of amides is 4. The molecule has 1 saturated heterocycles. The SMILES string of the molecule is CC(C)(C)OC(=O)CN1CCN(CC(=O)OC(C)(C)C)CCN(C(CCC(=O)NCCNC(=O)CCN2C(=O)C=CC2=O)C(=O)OC(C)(C)C)CC1. The van der Waals surface area contributed by atoms with E-state index in [9.17, 15) is 33.6 Å². The lowest BCUT2D eigenvalue weighted by molar-refractivity contribution is -0.163. The Labute approximate surface area is 307 Å². The maximum absolute atomic E-state index is 13.7. The molecular weight excluding hydrogens is 676 g/mol. The zero-order chi connectivity index (χ0) is 39.3. The first kappa shape index (κ1) is 44.3. The standard InChI is InChI=1S/C36H60N6O10/c1-34(2,3)50-31(47)24-39-18-19-40(25-32(48)51-35(4,5)6)21-23-41(22-20-39)26(33(49)52-36(7,8)9)10-11-27(43)37-15-16-38-28(44)14-17-42-29(45)12-13-30(42)46/h12-13,26H,10-11,14-25H2,1-9H3,(H,37,43)(H,38,44). The van der Waals surface area contributed by atoms with Gasteiger partial charge in [-0.3, -0.25) is 53.2 Å². The van der Waals surface area contributed by atoms with E-state index >= 15 is 0 Å². The molecule has 0 radical (unpaired) electrons. The zero-order valence-electron chi connectivity index (χ0n) is 32.5. The van der Waals surface area contributed by atoms with Crippen LogP contribution < -0.4 is 10.6 Å². The molecule has 1 fully saturated rings. The van der Waals surface area contributed by atoms with Gasteiger partial charge >= 0.3 is 17.9 Å². The summed E-state index contributed by atoms with van der Waals surface area (Å²) in [6.07, 6.45) is 2.37. The first-order chi connectivity index (χ1) is 24.0. The maximum Gasteiger partial charge on any atom is 0.323 e. The highest BCUT2D eigenvalue weighted by molar-refractivity contribution is 6.13. The van der Waals surface area contributed by atoms with Crippen molar-refractivity contribution in [2.75, 3.05) is 72.0 Å². The van der Waals surface area contributed by atoms with Gasteiger partial charge in [0.2, 0.25) is 11.8 Å². The van der Waals surface area contributed by atoms with Gasteiger partial charge in [-0.05, 0) is 68.7 Å². The number of rotatable bonds is 15. The molecule has 52 heavy (non-hydrogen) atoms. The van der Waals surface area contributed by atoms with Gasteiger partial charge in [-0.2, -0.15) is 0 Å². The number of esters is 3. The van der Waals surface area contributed by atoms with Crippen LogP contribution in [0.2, 0.25) is 0 Å². The van der Waals surface area contributed by atoms with E-state index in [1.165, 1.54) is 0 Å². The highest BCUT2D eigenvalue weighted by Gasteiger charge is 2.33. The van der Waals surface area contributed by atoms with Crippen molar-refractivity contribution in [3.05, 3.63) is 12.2 Å². The maximum atomic E-state index is 13.7. The molecule has 1 atom stereocenters. The molecule has 0 saturated carbocycles. The summed E-state index contributed by atoms with van der Waals surface area (Å²) < 4.78 is 16.9. The molecule has 0 spiro atoms. The van der Waals surface area contributed by atoms with Crippen molar-refractivity contribution in [1.82, 2.24) is 30.2 Å². The quantitative estimate of drug-likeness (QED) is 0.103. The fourth-order valence-electron chi connectivity index (χ4n) is 5.43. The molecule has 2 rings (SSSR count). The number of imide groups is 1. The molecule has 2 heterocycles. The Hall–Kier alpha value is -3.89. The van der Waals surface area contributed by atoms with Gasteiger partial charge in [-0.1, -0.05) is 0 Å². The fourth-order valence-corrected chi connectivity index (χ4v) is 5.43. The normalized spacial score (nSPS) is 17.5. The third kappa shape index (κ3) is 18.0. The van der Waals surface area contributed by atoms with E-state index in [-0.39, 0.29) is 75.7 Å². The molecular formula is C36H60N6O10. The molecule has 0 bridgehead atoms. The van der Waals surface area contributed by atoms with Crippen molar-refractivity contribution >= 4 is 41.5 Å². The molecule has 294 valence electrons. The van der Waals surface area contributed by atoms with Gasteiger partial charge in [-0.25, -0.2) is 0 Å². The van der Waals surface area contributed by atoms with Crippen LogP contribution in [0.5, 0.6) is 0 Å². The largest absolute Gasteiger partial charge is 0.459 e. The molecule has 0 aromatic carbocycles. The van der Waals surface area contributed by atoms with Crippen LogP contribution in [-0.4, -0.2) is 156 Å². The smallest absolute Gasteiger partial charge is 0.323 e. The van der Waals surface area contributed by atoms with E-state index < -0.39 is 40.6 Å². The molecule has 16 nitrogen and oxygen atoms in total. The van der Waals surface area contributed by atoms with Gasteiger partial charge in [0.15, 0.2) is 0 Å². The van der Waals surface area contributed by atoms with Crippen molar-refractivity contribution in [2.45, 2.75) is 104 Å². The van der Waals surface area contributed by atoms with Gasteiger partial charge in [0.1, 0.15) is 22.8 Å². The molecule has 2 aliphatic rings. The van der Waals surface area contributed by atoms with Crippen LogP contribution in [-0.2, 0) is 47.8 Å². The summed E-state index contributed by atoms with van der Waals surface area (Å²) in [6.45, 7) is 18.9. The van der Waals surface area contributed by atoms with E-state index in [1.54, 1.807) is 62.3 Å². The second kappa shape index (κ2) is 19.8. The Balaban J connectivity index is 2.09. The molecule has 2 N–H and O–H groups in total. The number of hydrogen-bond donors (Lipinski definition) is 2. The molecule has 16 heteroatoms. The van der Waals surface area contributed by atoms with Crippen LogP contribution in [0.25, 0.3) is 0 Å². The summed E-state index contributed by atoms with van der Waals surface area (Å²) in [6, 6.07) is -0.806. The van der Waals surface area contributed by atoms with Gasteiger partial charge < -0.3 is 24.8 Å². The predicted molar refractivity (Wildman–Crippen MR) is 192 cm³/mol. The third-order valence-electron chi connectivity index (χ3n) is 7.68. The van der Waals surface area contributed by atoms with E-state index in [2.05, 4.69) is 10.6 Å². The van der Waals surface area contributed by atoms with Gasteiger partial charge in [0.25, 0.3) is 11.8 Å². The lowest BCUT2D eigenvalue weighted by Crippen LogP contribution is -2.49. The van der Waals surface area contributed by atoms with Crippen molar-refractivity contribution in [2.24, 2.45) is 0 Å². The molecule has 2 aliphatic heterocycles. The van der Waals surface area contributed by atoms with Gasteiger partial charge in [-0.15, -0.1) is 0 Å². The first-order valence-corrected chi connectivity index (χ1v) is 17.9. The Morgan fingerprint density at radius 2 is 1.04 bits per heavy atom. The lowest BCUT2D eigenvalue weighted by atomic mass is 10.1. The van der Waals surface area contributed by atoms with Crippen LogP contribution in [0.3, 0.4) is 0 Å². The van der Waals surface area contributed by atoms with E-state index in [0.717, 1.165) is 17.1 Å². The van der Waals surface area contributed by atoms with E-state index in [0.29, 0.717) is 39.3 Å². The number of nitrogens with one attached hydrogen (secondary N) is 2. The minimum absolute atomic E-state index is 0.0101. The van der Waals surface area contributed by atoms with Crippen LogP contribution >= 0.6 is 0 Å². The predicted octanol–water partition coefficient (Wildman–Crippen LogP) is 0.627. The molecule has 1 unspecified atom stereocenters. The van der Waals surface area contributed by atoms with Crippen LogP contribution in [0.4, 0.5) is 0 Å². The van der Waals surface area contributed by atoms with Gasteiger partial charge in [0.05, 0.1) is 13.1 Å². The molecule has 0 aromatic rings. The minimum atomic E-state index is -0.806. The van der Waals surface area contributed by atoms with Crippen molar-refractivity contribution in [3.63, 3.8) is 0 Å². The summed E-state index contributed by atoms with van der Waals surface area (Å²) in [7, 11) is 0. The van der Waals surface area contributed by atoms with Crippen molar-refractivity contribution < 1.29 is 47.8 Å². The third-order valence-corrected chi connectivity index (χ3v) is 7.68. The minimum Gasteiger partial charge on any atom is -0.459 e. The first-order valence-electron chi connectivity index (χ1n) is 17.9. The average molecular weight is 737 g/mol. The molecule has 0 aliphatic carbocycles. The topological polar surface area (TPSA) is 184 Å². The summed E-state index contributed by atoms with van der Waals surface area (Å²) in [5.41, 5.74) is -2.10. The van der Waals surface area contributed by atoms with E-state index in [1.807, 2.05) is 14.7 Å². The summed E-state index contributed by atoms with van der Waals surface area (Å²) in [5.74, 6) is -2.89. The van der Waals surface area contributed by atoms with E-state index in [4.69, 9.17) is 14.2 Å². The number of hydrogen-bond acceptors (Lipinski definition) is 13. The summed E-state index contributed by atoms with van der Waals surface area (Å²) in [4.78, 5) is 94.4. The fraction of sp³-hybridized carbons (Fsp3) is 0.750.